The normalized spacial score (nSPS) is 29.5. The van der Waals surface area contributed by atoms with Gasteiger partial charge >= 0.3 is 0 Å². The zero-order valence-corrected chi connectivity index (χ0v) is 11.8. The lowest BCUT2D eigenvalue weighted by atomic mass is 9.98. The van der Waals surface area contributed by atoms with Crippen molar-refractivity contribution in [3.05, 3.63) is 17.3 Å². The van der Waals surface area contributed by atoms with E-state index in [9.17, 15) is 4.79 Å². The zero-order valence-electron chi connectivity index (χ0n) is 11.8. The Bertz CT molecular complexity index is 485. The number of oxazole rings is 1. The second-order valence-electron chi connectivity index (χ2n) is 5.83. The van der Waals surface area contributed by atoms with E-state index in [4.69, 9.17) is 4.42 Å². The molecule has 0 aromatic carbocycles. The lowest BCUT2D eigenvalue weighted by Crippen LogP contribution is -2.48. The Kier molecular flexibility index (Phi) is 3.09. The van der Waals surface area contributed by atoms with Crippen molar-refractivity contribution in [1.82, 2.24) is 15.2 Å². The minimum Gasteiger partial charge on any atom is -0.436 e. The van der Waals surface area contributed by atoms with Crippen LogP contribution in [0.15, 0.2) is 4.42 Å². The number of hydrogen-bond acceptors (Lipinski definition) is 4. The minimum absolute atomic E-state index is 0.0376. The molecular weight excluding hydrogens is 242 g/mol. The van der Waals surface area contributed by atoms with Crippen molar-refractivity contribution >= 4 is 5.91 Å². The highest BCUT2D eigenvalue weighted by molar-refractivity contribution is 5.92. The monoisotopic (exact) mass is 263 g/mol. The topological polar surface area (TPSA) is 58.4 Å². The molecule has 2 fully saturated rings. The first kappa shape index (κ1) is 12.7. The number of carbonyl (C=O) groups is 1. The first-order valence-corrected chi connectivity index (χ1v) is 7.02. The molecule has 1 aromatic rings. The number of aromatic nitrogens is 1. The van der Waals surface area contributed by atoms with Crippen LogP contribution in [0.2, 0.25) is 0 Å². The molecule has 0 saturated carbocycles. The van der Waals surface area contributed by atoms with Gasteiger partial charge in [-0.15, -0.1) is 0 Å². The zero-order chi connectivity index (χ0) is 13.6. The van der Waals surface area contributed by atoms with E-state index in [1.54, 1.807) is 6.92 Å². The highest BCUT2D eigenvalue weighted by Crippen LogP contribution is 2.30. The molecule has 2 bridgehead atoms. The minimum atomic E-state index is -0.0376. The molecule has 0 aliphatic carbocycles. The van der Waals surface area contributed by atoms with Crippen LogP contribution in [0.3, 0.4) is 0 Å². The summed E-state index contributed by atoms with van der Waals surface area (Å²) < 4.78 is 5.44. The summed E-state index contributed by atoms with van der Waals surface area (Å²) >= 11 is 0. The highest BCUT2D eigenvalue weighted by atomic mass is 16.4. The molecule has 3 heterocycles. The van der Waals surface area contributed by atoms with Gasteiger partial charge in [0, 0.05) is 32.1 Å². The van der Waals surface area contributed by atoms with Crippen molar-refractivity contribution < 1.29 is 9.21 Å². The van der Waals surface area contributed by atoms with Crippen LogP contribution in [-0.4, -0.2) is 41.0 Å². The average molecular weight is 263 g/mol. The lowest BCUT2D eigenvalue weighted by Gasteiger charge is -2.35. The van der Waals surface area contributed by atoms with Crippen LogP contribution in [0, 0.1) is 13.8 Å². The van der Waals surface area contributed by atoms with Gasteiger partial charge in [-0.1, -0.05) is 0 Å². The van der Waals surface area contributed by atoms with Crippen LogP contribution in [0.1, 0.15) is 47.8 Å². The number of nitrogens with zero attached hydrogens (tertiary/aromatic N) is 2. The van der Waals surface area contributed by atoms with Gasteiger partial charge in [0.1, 0.15) is 0 Å². The Morgan fingerprint density at radius 3 is 2.47 bits per heavy atom. The maximum atomic E-state index is 12.5. The molecule has 104 valence electrons. The third-order valence-corrected chi connectivity index (χ3v) is 4.41. The Balaban J connectivity index is 1.75. The molecule has 2 aliphatic heterocycles. The summed E-state index contributed by atoms with van der Waals surface area (Å²) in [5.41, 5.74) is 0.686. The van der Waals surface area contributed by atoms with Gasteiger partial charge in [0.15, 0.2) is 5.89 Å². The van der Waals surface area contributed by atoms with Crippen LogP contribution in [-0.2, 0) is 0 Å². The van der Waals surface area contributed by atoms with E-state index in [-0.39, 0.29) is 5.91 Å². The van der Waals surface area contributed by atoms with Gasteiger partial charge < -0.3 is 14.6 Å². The number of rotatable bonds is 2. The van der Waals surface area contributed by atoms with Gasteiger partial charge in [0.25, 0.3) is 5.91 Å². The summed E-state index contributed by atoms with van der Waals surface area (Å²) in [5.74, 6) is 0.912. The molecule has 5 nitrogen and oxygen atoms in total. The molecule has 0 spiro atoms. The summed E-state index contributed by atoms with van der Waals surface area (Å²) in [4.78, 5) is 18.5. The molecule has 2 unspecified atom stereocenters. The molecule has 2 aliphatic rings. The van der Waals surface area contributed by atoms with Crippen molar-refractivity contribution in [3.8, 4) is 0 Å². The predicted molar refractivity (Wildman–Crippen MR) is 71.0 cm³/mol. The third-order valence-electron chi connectivity index (χ3n) is 4.41. The molecule has 1 amide bonds. The SMILES string of the molecule is Cc1nc(C)c(C(=O)N(C)C2CC3CCC(C2)N3)o1. The number of hydrogen-bond donors (Lipinski definition) is 1. The van der Waals surface area contributed by atoms with Crippen molar-refractivity contribution in [3.63, 3.8) is 0 Å². The van der Waals surface area contributed by atoms with E-state index in [0.29, 0.717) is 35.5 Å². The molecule has 3 rings (SSSR count). The molecule has 2 saturated heterocycles. The van der Waals surface area contributed by atoms with Crippen molar-refractivity contribution in [2.75, 3.05) is 7.05 Å². The van der Waals surface area contributed by atoms with E-state index in [1.807, 2.05) is 18.9 Å². The number of amides is 1. The van der Waals surface area contributed by atoms with Gasteiger partial charge in [0.05, 0.1) is 5.69 Å². The van der Waals surface area contributed by atoms with E-state index in [1.165, 1.54) is 12.8 Å². The molecular formula is C14H21N3O2. The fourth-order valence-corrected chi connectivity index (χ4v) is 3.40. The van der Waals surface area contributed by atoms with Crippen LogP contribution >= 0.6 is 0 Å². The Labute approximate surface area is 113 Å². The first-order valence-electron chi connectivity index (χ1n) is 7.02. The van der Waals surface area contributed by atoms with E-state index in [2.05, 4.69) is 10.3 Å². The molecule has 19 heavy (non-hydrogen) atoms. The number of nitrogens with one attached hydrogen (secondary N) is 1. The first-order chi connectivity index (χ1) is 9.04. The molecule has 1 aromatic heterocycles. The molecule has 5 heteroatoms. The molecule has 0 radical (unpaired) electrons. The Morgan fingerprint density at radius 1 is 1.32 bits per heavy atom. The van der Waals surface area contributed by atoms with Crippen LogP contribution < -0.4 is 5.32 Å². The van der Waals surface area contributed by atoms with Crippen LogP contribution in [0.4, 0.5) is 0 Å². The summed E-state index contributed by atoms with van der Waals surface area (Å²) in [6.45, 7) is 3.60. The third kappa shape index (κ3) is 2.27. The van der Waals surface area contributed by atoms with E-state index < -0.39 is 0 Å². The fraction of sp³-hybridized carbons (Fsp3) is 0.714. The number of fused-ring (bicyclic) bond motifs is 2. The second-order valence-corrected chi connectivity index (χ2v) is 5.83. The quantitative estimate of drug-likeness (QED) is 0.881. The number of carbonyl (C=O) groups excluding carboxylic acids is 1. The van der Waals surface area contributed by atoms with Crippen molar-refractivity contribution in [2.24, 2.45) is 0 Å². The van der Waals surface area contributed by atoms with Gasteiger partial charge in [-0.2, -0.15) is 0 Å². The summed E-state index contributed by atoms with van der Waals surface area (Å²) in [7, 11) is 1.88. The summed E-state index contributed by atoms with van der Waals surface area (Å²) in [6, 6.07) is 1.48. The smallest absolute Gasteiger partial charge is 0.291 e. The van der Waals surface area contributed by atoms with E-state index in [0.717, 1.165) is 12.8 Å². The maximum Gasteiger partial charge on any atom is 0.291 e. The Hall–Kier alpha value is -1.36. The van der Waals surface area contributed by atoms with Gasteiger partial charge in [0.2, 0.25) is 5.76 Å². The standard InChI is InChI=1S/C14H21N3O2/c1-8-13(19-9(2)15-8)14(18)17(3)12-6-10-4-5-11(7-12)16-10/h10-12,16H,4-7H2,1-3H3. The van der Waals surface area contributed by atoms with Gasteiger partial charge in [-0.25, -0.2) is 4.98 Å². The second kappa shape index (κ2) is 4.63. The van der Waals surface area contributed by atoms with Crippen LogP contribution in [0.5, 0.6) is 0 Å². The lowest BCUT2D eigenvalue weighted by molar-refractivity contribution is 0.0647. The summed E-state index contributed by atoms with van der Waals surface area (Å²) in [5, 5.41) is 3.60. The molecule has 2 atom stereocenters. The Morgan fingerprint density at radius 2 is 1.95 bits per heavy atom. The largest absolute Gasteiger partial charge is 0.436 e. The van der Waals surface area contributed by atoms with Gasteiger partial charge in [-0.3, -0.25) is 4.79 Å². The predicted octanol–water partition coefficient (Wildman–Crippen LogP) is 1.65. The number of aryl methyl sites for hydroxylation is 2. The van der Waals surface area contributed by atoms with Crippen molar-refractivity contribution in [2.45, 2.75) is 57.7 Å². The maximum absolute atomic E-state index is 12.5. The highest BCUT2D eigenvalue weighted by Gasteiger charge is 2.37. The van der Waals surface area contributed by atoms with Crippen LogP contribution in [0.25, 0.3) is 0 Å². The van der Waals surface area contributed by atoms with Crippen molar-refractivity contribution in [1.29, 1.82) is 0 Å². The fourth-order valence-electron chi connectivity index (χ4n) is 3.40. The van der Waals surface area contributed by atoms with Gasteiger partial charge in [-0.05, 0) is 32.6 Å². The number of piperidine rings is 1. The summed E-state index contributed by atoms with van der Waals surface area (Å²) in [6.07, 6.45) is 4.57. The van der Waals surface area contributed by atoms with E-state index >= 15 is 0 Å². The molecule has 1 N–H and O–H groups in total. The average Bonchev–Trinajstić information content (AvgIpc) is 2.89.